The number of thiophene rings is 1. The van der Waals surface area contributed by atoms with Crippen molar-refractivity contribution in [3.63, 3.8) is 0 Å². The third-order valence-electron chi connectivity index (χ3n) is 3.98. The number of aryl methyl sites for hydroxylation is 2. The van der Waals surface area contributed by atoms with Crippen molar-refractivity contribution in [2.45, 2.75) is 40.2 Å². The lowest BCUT2D eigenvalue weighted by Gasteiger charge is -2.42. The van der Waals surface area contributed by atoms with Gasteiger partial charge in [-0.25, -0.2) is 0 Å². The van der Waals surface area contributed by atoms with Gasteiger partial charge in [0, 0.05) is 24.0 Å². The molecule has 2 N–H and O–H groups in total. The highest BCUT2D eigenvalue weighted by atomic mass is 35.5. The van der Waals surface area contributed by atoms with Gasteiger partial charge in [0.05, 0.1) is 4.88 Å². The van der Waals surface area contributed by atoms with Crippen molar-refractivity contribution in [3.05, 3.63) is 21.4 Å². The molecule has 1 aliphatic rings. The van der Waals surface area contributed by atoms with Crippen LogP contribution in [0.1, 0.15) is 40.4 Å². The van der Waals surface area contributed by atoms with E-state index in [2.05, 4.69) is 27.7 Å². The number of nitrogens with zero attached hydrogens (tertiary/aromatic N) is 1. The van der Waals surface area contributed by atoms with Crippen LogP contribution in [0.15, 0.2) is 6.07 Å². The number of likely N-dealkylation sites (tertiary alicyclic amines) is 1. The van der Waals surface area contributed by atoms with Crippen LogP contribution < -0.4 is 5.73 Å². The fourth-order valence-electron chi connectivity index (χ4n) is 2.38. The van der Waals surface area contributed by atoms with E-state index >= 15 is 0 Å². The summed E-state index contributed by atoms with van der Waals surface area (Å²) < 4.78 is 0. The van der Waals surface area contributed by atoms with Crippen LogP contribution in [0, 0.1) is 19.3 Å². The van der Waals surface area contributed by atoms with Crippen LogP contribution in [0.4, 0.5) is 0 Å². The predicted molar refractivity (Wildman–Crippen MR) is 83.3 cm³/mol. The van der Waals surface area contributed by atoms with Gasteiger partial charge in [-0.3, -0.25) is 4.79 Å². The molecule has 0 spiro atoms. The van der Waals surface area contributed by atoms with Gasteiger partial charge < -0.3 is 10.6 Å². The second-order valence-electron chi connectivity index (χ2n) is 5.96. The predicted octanol–water partition coefficient (Wildman–Crippen LogP) is 2.99. The zero-order chi connectivity index (χ0) is 13.5. The molecule has 108 valence electrons. The molecule has 1 fully saturated rings. The smallest absolute Gasteiger partial charge is 0.263 e. The zero-order valence-corrected chi connectivity index (χ0v) is 13.7. The highest BCUT2D eigenvalue weighted by Gasteiger charge is 2.35. The fraction of sp³-hybridized carbons (Fsp3) is 0.643. The van der Waals surface area contributed by atoms with Crippen LogP contribution in [0.25, 0.3) is 0 Å². The molecule has 0 aromatic carbocycles. The Morgan fingerprint density at radius 3 is 2.58 bits per heavy atom. The van der Waals surface area contributed by atoms with E-state index < -0.39 is 0 Å². The first-order chi connectivity index (χ1) is 8.31. The number of rotatable bonds is 1. The van der Waals surface area contributed by atoms with Gasteiger partial charge in [0.15, 0.2) is 0 Å². The number of hydrogen-bond donors (Lipinski definition) is 1. The molecule has 1 unspecified atom stereocenters. The van der Waals surface area contributed by atoms with Crippen molar-refractivity contribution in [1.29, 1.82) is 0 Å². The third kappa shape index (κ3) is 3.30. The summed E-state index contributed by atoms with van der Waals surface area (Å²) in [5.74, 6) is 0.163. The lowest BCUT2D eigenvalue weighted by atomic mass is 9.79. The zero-order valence-electron chi connectivity index (χ0n) is 12.0. The summed E-state index contributed by atoms with van der Waals surface area (Å²) in [5, 5.41) is 0. The number of hydrogen-bond acceptors (Lipinski definition) is 3. The van der Waals surface area contributed by atoms with Crippen LogP contribution in [0.2, 0.25) is 0 Å². The first-order valence-electron chi connectivity index (χ1n) is 6.43. The summed E-state index contributed by atoms with van der Waals surface area (Å²) in [7, 11) is 0. The molecule has 0 bridgehead atoms. The summed E-state index contributed by atoms with van der Waals surface area (Å²) in [5.41, 5.74) is 7.32. The lowest BCUT2D eigenvalue weighted by Crippen LogP contribution is -2.53. The van der Waals surface area contributed by atoms with Crippen LogP contribution in [-0.4, -0.2) is 29.9 Å². The van der Waals surface area contributed by atoms with E-state index in [0.29, 0.717) is 0 Å². The fourth-order valence-corrected chi connectivity index (χ4v) is 3.38. The molecule has 1 saturated heterocycles. The first-order valence-corrected chi connectivity index (χ1v) is 7.25. The van der Waals surface area contributed by atoms with Gasteiger partial charge in [-0.1, -0.05) is 13.8 Å². The Morgan fingerprint density at radius 1 is 1.47 bits per heavy atom. The summed E-state index contributed by atoms with van der Waals surface area (Å²) in [6.07, 6.45) is 0.891. The molecule has 3 nitrogen and oxygen atoms in total. The largest absolute Gasteiger partial charge is 0.337 e. The van der Waals surface area contributed by atoms with E-state index in [9.17, 15) is 4.79 Å². The van der Waals surface area contributed by atoms with Crippen molar-refractivity contribution in [2.75, 3.05) is 13.1 Å². The second-order valence-corrected chi connectivity index (χ2v) is 7.22. The van der Waals surface area contributed by atoms with E-state index in [0.717, 1.165) is 24.4 Å². The van der Waals surface area contributed by atoms with E-state index in [-0.39, 0.29) is 29.8 Å². The molecule has 0 aliphatic carbocycles. The SMILES string of the molecule is Cc1cc(C(=O)N2CCC(N)C(C)(C)C2)sc1C.Cl. The Labute approximate surface area is 125 Å². The highest BCUT2D eigenvalue weighted by molar-refractivity contribution is 7.14. The van der Waals surface area contributed by atoms with Gasteiger partial charge in [-0.2, -0.15) is 0 Å². The van der Waals surface area contributed by atoms with E-state index in [1.807, 2.05) is 11.0 Å². The van der Waals surface area contributed by atoms with Crippen molar-refractivity contribution in [1.82, 2.24) is 4.90 Å². The molecule has 1 aliphatic heterocycles. The normalized spacial score (nSPS) is 21.9. The highest BCUT2D eigenvalue weighted by Crippen LogP contribution is 2.30. The molecule has 2 rings (SSSR count). The molecule has 1 atom stereocenters. The van der Waals surface area contributed by atoms with Crippen molar-refractivity contribution < 1.29 is 4.79 Å². The monoisotopic (exact) mass is 302 g/mol. The van der Waals surface area contributed by atoms with Crippen LogP contribution in [0.3, 0.4) is 0 Å². The number of amides is 1. The Hall–Kier alpha value is -0.580. The van der Waals surface area contributed by atoms with Crippen molar-refractivity contribution in [3.8, 4) is 0 Å². The molecule has 0 saturated carbocycles. The first kappa shape index (κ1) is 16.5. The van der Waals surface area contributed by atoms with E-state index in [1.165, 1.54) is 10.4 Å². The Morgan fingerprint density at radius 2 is 2.11 bits per heavy atom. The van der Waals surface area contributed by atoms with Gasteiger partial charge in [-0.05, 0) is 37.3 Å². The standard InChI is InChI=1S/C14H22N2OS.ClH/c1-9-7-11(18-10(9)2)13(17)16-6-5-12(15)14(3,4)8-16;/h7,12H,5-6,8,15H2,1-4H3;1H. The summed E-state index contributed by atoms with van der Waals surface area (Å²) >= 11 is 1.59. The van der Waals surface area contributed by atoms with Gasteiger partial charge >= 0.3 is 0 Å². The quantitative estimate of drug-likeness (QED) is 0.867. The number of carbonyl (C=O) groups excluding carboxylic acids is 1. The molecular formula is C14H23ClN2OS. The van der Waals surface area contributed by atoms with Gasteiger partial charge in [0.1, 0.15) is 0 Å². The average molecular weight is 303 g/mol. The minimum Gasteiger partial charge on any atom is -0.337 e. The van der Waals surface area contributed by atoms with E-state index in [1.54, 1.807) is 11.3 Å². The van der Waals surface area contributed by atoms with Gasteiger partial charge in [0.2, 0.25) is 0 Å². The third-order valence-corrected chi connectivity index (χ3v) is 5.12. The van der Waals surface area contributed by atoms with E-state index in [4.69, 9.17) is 5.73 Å². The molecular weight excluding hydrogens is 280 g/mol. The minimum atomic E-state index is 0. The lowest BCUT2D eigenvalue weighted by molar-refractivity contribution is 0.0537. The molecule has 1 amide bonds. The maximum absolute atomic E-state index is 12.5. The maximum Gasteiger partial charge on any atom is 0.263 e. The average Bonchev–Trinajstić information content (AvgIpc) is 2.62. The van der Waals surface area contributed by atoms with Crippen LogP contribution in [-0.2, 0) is 0 Å². The molecule has 5 heteroatoms. The molecule has 1 aromatic rings. The van der Waals surface area contributed by atoms with Crippen LogP contribution >= 0.6 is 23.7 Å². The summed E-state index contributed by atoms with van der Waals surface area (Å²) in [4.78, 5) is 16.5. The number of piperidine rings is 1. The minimum absolute atomic E-state index is 0. The number of carbonyl (C=O) groups is 1. The molecule has 19 heavy (non-hydrogen) atoms. The van der Waals surface area contributed by atoms with Crippen molar-refractivity contribution in [2.24, 2.45) is 11.1 Å². The van der Waals surface area contributed by atoms with Crippen LogP contribution in [0.5, 0.6) is 0 Å². The second kappa shape index (κ2) is 5.81. The summed E-state index contributed by atoms with van der Waals surface area (Å²) in [6.45, 7) is 9.93. The number of halogens is 1. The number of nitrogens with two attached hydrogens (primary N) is 1. The van der Waals surface area contributed by atoms with Gasteiger partial charge in [-0.15, -0.1) is 23.7 Å². The Kier molecular flexibility index (Phi) is 5.04. The molecule has 2 heterocycles. The molecule has 0 radical (unpaired) electrons. The summed E-state index contributed by atoms with van der Waals surface area (Å²) in [6, 6.07) is 2.19. The topological polar surface area (TPSA) is 46.3 Å². The molecule has 1 aromatic heterocycles. The van der Waals surface area contributed by atoms with Crippen molar-refractivity contribution >= 4 is 29.7 Å². The Bertz CT molecular complexity index is 451. The Balaban J connectivity index is 0.00000180. The maximum atomic E-state index is 12.5. The van der Waals surface area contributed by atoms with Gasteiger partial charge in [0.25, 0.3) is 5.91 Å².